The van der Waals surface area contributed by atoms with E-state index < -0.39 is 0 Å². The van der Waals surface area contributed by atoms with Gasteiger partial charge in [0.1, 0.15) is 5.75 Å². The second-order valence-corrected chi connectivity index (χ2v) is 4.42. The van der Waals surface area contributed by atoms with Gasteiger partial charge in [0.05, 0.1) is 18.5 Å². The van der Waals surface area contributed by atoms with Crippen LogP contribution in [-0.4, -0.2) is 13.0 Å². The summed E-state index contributed by atoms with van der Waals surface area (Å²) in [6, 6.07) is 5.27. The van der Waals surface area contributed by atoms with Gasteiger partial charge in [-0.2, -0.15) is 0 Å². The molecule has 0 aromatic heterocycles. The molecule has 1 saturated carbocycles. The highest BCUT2D eigenvalue weighted by Gasteiger charge is 2.23. The predicted molar refractivity (Wildman–Crippen MR) is 75.2 cm³/mol. The third kappa shape index (κ3) is 3.29. The highest BCUT2D eigenvalue weighted by molar-refractivity contribution is 5.95. The minimum Gasteiger partial charge on any atom is -0.497 e. The monoisotopic (exact) mass is 270 g/mol. The number of nitrogens with two attached hydrogens (primary N) is 1. The van der Waals surface area contributed by atoms with Gasteiger partial charge < -0.3 is 15.8 Å². The highest BCUT2D eigenvalue weighted by Crippen LogP contribution is 2.29. The number of hydrogen-bond donors (Lipinski definition) is 2. The van der Waals surface area contributed by atoms with Crippen molar-refractivity contribution >= 4 is 29.7 Å². The Morgan fingerprint density at radius 1 is 1.39 bits per heavy atom. The van der Waals surface area contributed by atoms with Crippen LogP contribution in [0.25, 0.3) is 0 Å². The van der Waals surface area contributed by atoms with Gasteiger partial charge in [-0.1, -0.05) is 12.8 Å². The zero-order valence-corrected chi connectivity index (χ0v) is 11.3. The van der Waals surface area contributed by atoms with Gasteiger partial charge in [-0.15, -0.1) is 12.4 Å². The molecule has 1 amide bonds. The molecule has 2 rings (SSSR count). The van der Waals surface area contributed by atoms with Crippen molar-refractivity contribution in [1.82, 2.24) is 0 Å². The average Bonchev–Trinajstić information content (AvgIpc) is 2.85. The number of ether oxygens (including phenoxy) is 1. The molecule has 0 unspecified atom stereocenters. The second kappa shape index (κ2) is 6.50. The van der Waals surface area contributed by atoms with Gasteiger partial charge >= 0.3 is 0 Å². The Kier molecular flexibility index (Phi) is 5.28. The summed E-state index contributed by atoms with van der Waals surface area (Å²) in [5.41, 5.74) is 7.03. The Balaban J connectivity index is 0.00000162. The largest absolute Gasteiger partial charge is 0.497 e. The topological polar surface area (TPSA) is 64.3 Å². The molecule has 0 spiro atoms. The molecule has 4 nitrogen and oxygen atoms in total. The number of carbonyl (C=O) groups is 1. The molecule has 5 heteroatoms. The first-order chi connectivity index (χ1) is 8.20. The molecule has 1 aliphatic rings. The van der Waals surface area contributed by atoms with Crippen LogP contribution in [0.4, 0.5) is 11.4 Å². The van der Waals surface area contributed by atoms with Gasteiger partial charge in [0.15, 0.2) is 0 Å². The fraction of sp³-hybridized carbons (Fsp3) is 0.462. The summed E-state index contributed by atoms with van der Waals surface area (Å²) < 4.78 is 5.11. The van der Waals surface area contributed by atoms with E-state index in [9.17, 15) is 4.79 Å². The normalized spacial score (nSPS) is 14.9. The third-order valence-electron chi connectivity index (χ3n) is 3.24. The fourth-order valence-electron chi connectivity index (χ4n) is 2.19. The molecule has 3 N–H and O–H groups in total. The van der Waals surface area contributed by atoms with E-state index in [0.717, 1.165) is 25.7 Å². The second-order valence-electron chi connectivity index (χ2n) is 4.42. The van der Waals surface area contributed by atoms with Crippen molar-refractivity contribution in [2.45, 2.75) is 25.7 Å². The van der Waals surface area contributed by atoms with Crippen LogP contribution in [0, 0.1) is 5.92 Å². The van der Waals surface area contributed by atoms with Crippen molar-refractivity contribution in [3.05, 3.63) is 18.2 Å². The number of carbonyl (C=O) groups excluding carboxylic acids is 1. The first-order valence-corrected chi connectivity index (χ1v) is 5.95. The van der Waals surface area contributed by atoms with E-state index in [0.29, 0.717) is 17.1 Å². The number of halogens is 1. The van der Waals surface area contributed by atoms with E-state index in [2.05, 4.69) is 5.32 Å². The maximum Gasteiger partial charge on any atom is 0.227 e. The first kappa shape index (κ1) is 14.6. The van der Waals surface area contributed by atoms with Gasteiger partial charge in [0.25, 0.3) is 0 Å². The Morgan fingerprint density at radius 3 is 2.67 bits per heavy atom. The molecule has 1 aromatic rings. The summed E-state index contributed by atoms with van der Waals surface area (Å²) in [6.07, 6.45) is 4.25. The quantitative estimate of drug-likeness (QED) is 0.830. The lowest BCUT2D eigenvalue weighted by atomic mass is 10.1. The van der Waals surface area contributed by atoms with Crippen LogP contribution in [0.1, 0.15) is 25.7 Å². The number of methoxy groups -OCH3 is 1. The Morgan fingerprint density at radius 2 is 2.06 bits per heavy atom. The summed E-state index contributed by atoms with van der Waals surface area (Å²) in [5.74, 6) is 0.906. The molecule has 1 fully saturated rings. The lowest BCUT2D eigenvalue weighted by Gasteiger charge is -2.13. The van der Waals surface area contributed by atoms with E-state index in [1.165, 1.54) is 0 Å². The summed E-state index contributed by atoms with van der Waals surface area (Å²) in [4.78, 5) is 12.0. The number of amides is 1. The van der Waals surface area contributed by atoms with E-state index in [4.69, 9.17) is 10.5 Å². The van der Waals surface area contributed by atoms with Crippen LogP contribution in [0.3, 0.4) is 0 Å². The van der Waals surface area contributed by atoms with Crippen LogP contribution in [0.5, 0.6) is 5.75 Å². The third-order valence-corrected chi connectivity index (χ3v) is 3.24. The zero-order chi connectivity index (χ0) is 12.3. The maximum absolute atomic E-state index is 12.0. The number of nitrogen functional groups attached to an aromatic ring is 1. The molecule has 0 bridgehead atoms. The van der Waals surface area contributed by atoms with Gasteiger partial charge in [-0.3, -0.25) is 4.79 Å². The standard InChI is InChI=1S/C13H18N2O2.ClH/c1-17-10-6-7-11(14)12(8-10)15-13(16)9-4-2-3-5-9;/h6-9H,2-5,14H2,1H3,(H,15,16);1H. The number of hydrogen-bond acceptors (Lipinski definition) is 3. The van der Waals surface area contributed by atoms with Crippen molar-refractivity contribution in [2.75, 3.05) is 18.2 Å². The molecule has 0 heterocycles. The van der Waals surface area contributed by atoms with Crippen molar-refractivity contribution in [3.8, 4) is 5.75 Å². The summed E-state index contributed by atoms with van der Waals surface area (Å²) in [6.45, 7) is 0. The molecule has 0 aliphatic heterocycles. The number of rotatable bonds is 3. The molecule has 100 valence electrons. The Hall–Kier alpha value is -1.42. The van der Waals surface area contributed by atoms with E-state index in [1.54, 1.807) is 25.3 Å². The van der Waals surface area contributed by atoms with Crippen molar-refractivity contribution in [3.63, 3.8) is 0 Å². The molecule has 18 heavy (non-hydrogen) atoms. The lowest BCUT2D eigenvalue weighted by molar-refractivity contribution is -0.119. The number of nitrogens with one attached hydrogen (secondary N) is 1. The SMILES string of the molecule is COc1ccc(N)c(NC(=O)C2CCCC2)c1.Cl. The number of benzene rings is 1. The Bertz CT molecular complexity index is 417. The van der Waals surface area contributed by atoms with E-state index in [-0.39, 0.29) is 24.2 Å². The van der Waals surface area contributed by atoms with Crippen molar-refractivity contribution < 1.29 is 9.53 Å². The highest BCUT2D eigenvalue weighted by atomic mass is 35.5. The van der Waals surface area contributed by atoms with Gasteiger partial charge in [0.2, 0.25) is 5.91 Å². The van der Waals surface area contributed by atoms with Crippen molar-refractivity contribution in [2.24, 2.45) is 5.92 Å². The van der Waals surface area contributed by atoms with Crippen LogP contribution in [0.15, 0.2) is 18.2 Å². The Labute approximate surface area is 113 Å². The van der Waals surface area contributed by atoms with Crippen LogP contribution in [0.2, 0.25) is 0 Å². The van der Waals surface area contributed by atoms with E-state index in [1.807, 2.05) is 0 Å². The predicted octanol–water partition coefficient (Wildman–Crippen LogP) is 2.83. The summed E-state index contributed by atoms with van der Waals surface area (Å²) in [7, 11) is 1.59. The lowest BCUT2D eigenvalue weighted by Crippen LogP contribution is -2.20. The molecule has 0 atom stereocenters. The van der Waals surface area contributed by atoms with E-state index >= 15 is 0 Å². The first-order valence-electron chi connectivity index (χ1n) is 5.95. The van der Waals surface area contributed by atoms with Gasteiger partial charge in [-0.25, -0.2) is 0 Å². The molecule has 1 aliphatic carbocycles. The van der Waals surface area contributed by atoms with Crippen LogP contribution >= 0.6 is 12.4 Å². The fourth-order valence-corrected chi connectivity index (χ4v) is 2.19. The average molecular weight is 271 g/mol. The minimum absolute atomic E-state index is 0. The van der Waals surface area contributed by atoms with Gasteiger partial charge in [-0.05, 0) is 25.0 Å². The molecular weight excluding hydrogens is 252 g/mol. The van der Waals surface area contributed by atoms with Crippen LogP contribution in [-0.2, 0) is 4.79 Å². The smallest absolute Gasteiger partial charge is 0.227 e. The molecule has 0 radical (unpaired) electrons. The summed E-state index contributed by atoms with van der Waals surface area (Å²) >= 11 is 0. The molecule has 1 aromatic carbocycles. The number of anilines is 2. The maximum atomic E-state index is 12.0. The zero-order valence-electron chi connectivity index (χ0n) is 10.4. The summed E-state index contributed by atoms with van der Waals surface area (Å²) in [5, 5.41) is 2.88. The van der Waals surface area contributed by atoms with Crippen molar-refractivity contribution in [1.29, 1.82) is 0 Å². The molecular formula is C13H19ClN2O2. The minimum atomic E-state index is 0. The van der Waals surface area contributed by atoms with Crippen LogP contribution < -0.4 is 15.8 Å². The van der Waals surface area contributed by atoms with Gasteiger partial charge in [0, 0.05) is 12.0 Å². The molecule has 0 saturated heterocycles.